The van der Waals surface area contributed by atoms with Crippen molar-refractivity contribution in [3.63, 3.8) is 0 Å². The van der Waals surface area contributed by atoms with Crippen LogP contribution in [0.3, 0.4) is 0 Å². The molecule has 6 heavy (non-hydrogen) atoms. The fraction of sp³-hybridized carbons (Fsp3) is 0. The number of tetrazole rings is 1. The number of rotatable bonds is 0. The minimum Gasteiger partial charge on any atom is -0.330 e. The molecule has 0 fully saturated rings. The minimum absolute atomic E-state index is 0. The van der Waals surface area contributed by atoms with E-state index in [1.165, 1.54) is 0 Å². The molecule has 0 bridgehead atoms. The minimum atomic E-state index is 0. The maximum absolute atomic E-state index is 3.12. The Labute approximate surface area is 59.6 Å². The predicted molar refractivity (Wildman–Crippen MR) is 12.0 cm³/mol. The summed E-state index contributed by atoms with van der Waals surface area (Å²) in [4.78, 5) is 0. The molecule has 1 rings (SSSR count). The average molecular weight is 157 g/mol. The second-order valence-corrected chi connectivity index (χ2v) is 0.479. The number of hydrogen-bond acceptors (Lipinski definition) is 3. The van der Waals surface area contributed by atoms with Crippen molar-refractivity contribution in [1.82, 2.24) is 20.6 Å². The van der Waals surface area contributed by atoms with Crippen molar-refractivity contribution >= 4 is 0 Å². The Hall–Kier alpha value is 0.174. The van der Waals surface area contributed by atoms with Crippen LogP contribution >= 0.6 is 0 Å². The van der Waals surface area contributed by atoms with Crippen LogP contribution in [0.25, 0.3) is 0 Å². The standard InChI is InChI=1S/CN4.Y/c1-2-4-5-3-1;/q-1;. The number of nitrogens with zero attached hydrogens (tertiary/aromatic N) is 4. The second-order valence-electron chi connectivity index (χ2n) is 0.479. The largest absolute Gasteiger partial charge is 0.330 e. The average Bonchev–Trinajstić information content (AvgIpc) is 1.76. The maximum atomic E-state index is 3.12. The smallest absolute Gasteiger partial charge is 0.0467 e. The Morgan fingerprint density at radius 2 is 2.33 bits per heavy atom. The van der Waals surface area contributed by atoms with E-state index in [-0.39, 0.29) is 32.7 Å². The molecule has 1 aromatic heterocycles. The molecule has 0 aliphatic heterocycles. The van der Waals surface area contributed by atoms with Crippen LogP contribution in [0.1, 0.15) is 0 Å². The molecule has 0 saturated carbocycles. The number of aromatic nitrogens is 4. The third kappa shape index (κ3) is 1.57. The van der Waals surface area contributed by atoms with Crippen molar-refractivity contribution in [2.45, 2.75) is 0 Å². The molecular weight excluding hydrogens is 157 g/mol. The molecule has 0 N–H and O–H groups in total. The van der Waals surface area contributed by atoms with Crippen LogP contribution in [0.4, 0.5) is 0 Å². The van der Waals surface area contributed by atoms with Crippen molar-refractivity contribution in [3.05, 3.63) is 6.33 Å². The van der Waals surface area contributed by atoms with Crippen LogP contribution in [-0.4, -0.2) is 15.5 Å². The molecule has 0 spiro atoms. The summed E-state index contributed by atoms with van der Waals surface area (Å²) in [5.41, 5.74) is 0. The van der Waals surface area contributed by atoms with Crippen LogP contribution in [0.15, 0.2) is 0 Å². The van der Waals surface area contributed by atoms with Gasteiger partial charge in [0.05, 0.1) is 0 Å². The van der Waals surface area contributed by atoms with E-state index in [1.807, 2.05) is 0 Å². The van der Waals surface area contributed by atoms with Crippen LogP contribution in [0.5, 0.6) is 0 Å². The fourth-order valence-corrected chi connectivity index (χ4v) is 0.100. The Kier molecular flexibility index (Phi) is 3.46. The first-order chi connectivity index (χ1) is 2.50. The molecule has 0 aliphatic carbocycles. The molecule has 1 aromatic rings. The van der Waals surface area contributed by atoms with Gasteiger partial charge in [-0.05, 0) is 0 Å². The zero-order valence-corrected chi connectivity index (χ0v) is 5.70. The SMILES string of the molecule is [Y].[c]1nnn[n-]1. The predicted octanol–water partition coefficient (Wildman–Crippen LogP) is -1.37. The summed E-state index contributed by atoms with van der Waals surface area (Å²) in [6.07, 6.45) is 2.14. The molecule has 0 atom stereocenters. The summed E-state index contributed by atoms with van der Waals surface area (Å²) in [6, 6.07) is 0. The summed E-state index contributed by atoms with van der Waals surface area (Å²) in [7, 11) is 0. The molecule has 2 radical (unpaired) electrons. The Balaban J connectivity index is 0.000000250. The van der Waals surface area contributed by atoms with E-state index in [0.717, 1.165) is 0 Å². The first-order valence-corrected chi connectivity index (χ1v) is 1.05. The van der Waals surface area contributed by atoms with Gasteiger partial charge in [0.15, 0.2) is 0 Å². The van der Waals surface area contributed by atoms with Gasteiger partial charge < -0.3 is 5.10 Å². The van der Waals surface area contributed by atoms with Gasteiger partial charge >= 0.3 is 0 Å². The van der Waals surface area contributed by atoms with Crippen LogP contribution < -0.4 is 5.10 Å². The molecule has 0 aromatic carbocycles. The van der Waals surface area contributed by atoms with Crippen LogP contribution in [0, 0.1) is 6.33 Å². The fourth-order valence-electron chi connectivity index (χ4n) is 0.100. The van der Waals surface area contributed by atoms with Gasteiger partial charge in [-0.25, -0.2) is 0 Å². The van der Waals surface area contributed by atoms with E-state index in [2.05, 4.69) is 27.0 Å². The van der Waals surface area contributed by atoms with Crippen molar-refractivity contribution in [1.29, 1.82) is 0 Å². The quantitative estimate of drug-likeness (QED) is 0.466. The summed E-state index contributed by atoms with van der Waals surface area (Å²) in [6.45, 7) is 0. The van der Waals surface area contributed by atoms with E-state index in [9.17, 15) is 0 Å². The molecule has 0 aliphatic rings. The molecule has 0 amide bonds. The van der Waals surface area contributed by atoms with Crippen LogP contribution in [0.2, 0.25) is 0 Å². The topological polar surface area (TPSA) is 52.8 Å². The van der Waals surface area contributed by atoms with Crippen molar-refractivity contribution in [2.75, 3.05) is 0 Å². The molecule has 5 heteroatoms. The maximum Gasteiger partial charge on any atom is 0.0467 e. The monoisotopic (exact) mass is 157 g/mol. The van der Waals surface area contributed by atoms with Gasteiger partial charge in [-0.1, -0.05) is 0 Å². The van der Waals surface area contributed by atoms with Gasteiger partial charge in [0.1, 0.15) is 0 Å². The van der Waals surface area contributed by atoms with Gasteiger partial charge in [-0.15, -0.1) is 0 Å². The molecular formula is CN4Y-. The molecule has 4 nitrogen and oxygen atoms in total. The zero-order valence-electron chi connectivity index (χ0n) is 2.87. The van der Waals surface area contributed by atoms with E-state index < -0.39 is 0 Å². The van der Waals surface area contributed by atoms with Crippen LogP contribution in [-0.2, 0) is 32.7 Å². The zero-order chi connectivity index (χ0) is 3.54. The third-order valence-electron chi connectivity index (χ3n) is 0.219. The summed E-state index contributed by atoms with van der Waals surface area (Å²) < 4.78 is 0. The normalized spacial score (nSPS) is 6.67. The second kappa shape index (κ2) is 3.37. The summed E-state index contributed by atoms with van der Waals surface area (Å²) in [5.74, 6) is 0. The first kappa shape index (κ1) is 6.17. The molecule has 1 heterocycles. The van der Waals surface area contributed by atoms with Crippen molar-refractivity contribution in [3.8, 4) is 0 Å². The Morgan fingerprint density at radius 3 is 2.50 bits per heavy atom. The first-order valence-electron chi connectivity index (χ1n) is 1.05. The van der Waals surface area contributed by atoms with Gasteiger partial charge in [0, 0.05) is 39.0 Å². The number of hydrogen-bond donors (Lipinski definition) is 0. The third-order valence-corrected chi connectivity index (χ3v) is 0.219. The van der Waals surface area contributed by atoms with Gasteiger partial charge in [-0.2, -0.15) is 5.21 Å². The summed E-state index contributed by atoms with van der Waals surface area (Å²) in [5, 5.41) is 12.4. The van der Waals surface area contributed by atoms with Gasteiger partial charge in [0.25, 0.3) is 0 Å². The Morgan fingerprint density at radius 1 is 1.50 bits per heavy atom. The molecule has 28 valence electrons. The van der Waals surface area contributed by atoms with Crippen molar-refractivity contribution < 1.29 is 32.7 Å². The van der Waals surface area contributed by atoms with Gasteiger partial charge in [0.2, 0.25) is 0 Å². The van der Waals surface area contributed by atoms with E-state index in [1.54, 1.807) is 0 Å². The van der Waals surface area contributed by atoms with E-state index >= 15 is 0 Å². The van der Waals surface area contributed by atoms with E-state index in [0.29, 0.717) is 0 Å². The van der Waals surface area contributed by atoms with Gasteiger partial charge in [-0.3, -0.25) is 10.3 Å². The molecule has 0 saturated heterocycles. The van der Waals surface area contributed by atoms with Crippen molar-refractivity contribution in [2.24, 2.45) is 0 Å². The molecule has 0 unspecified atom stereocenters. The Bertz CT molecular complexity index is 64.0. The van der Waals surface area contributed by atoms with E-state index in [4.69, 9.17) is 0 Å². The summed E-state index contributed by atoms with van der Waals surface area (Å²) >= 11 is 0.